The highest BCUT2D eigenvalue weighted by Gasteiger charge is 2.12. The molecule has 4 heteroatoms. The minimum Gasteiger partial charge on any atom is -0.356 e. The second-order valence-corrected chi connectivity index (χ2v) is 6.85. The van der Waals surface area contributed by atoms with E-state index in [-0.39, 0.29) is 24.5 Å². The van der Waals surface area contributed by atoms with Gasteiger partial charge in [0.25, 0.3) is 0 Å². The van der Waals surface area contributed by atoms with E-state index in [0.717, 1.165) is 29.7 Å². The van der Waals surface area contributed by atoms with Crippen LogP contribution in [-0.2, 0) is 4.79 Å². The molecule has 1 aromatic carbocycles. The van der Waals surface area contributed by atoms with Gasteiger partial charge in [0.1, 0.15) is 0 Å². The van der Waals surface area contributed by atoms with Crippen molar-refractivity contribution in [3.8, 4) is 0 Å². The van der Waals surface area contributed by atoms with Gasteiger partial charge in [-0.3, -0.25) is 9.59 Å². The van der Waals surface area contributed by atoms with Crippen LogP contribution in [0, 0.1) is 13.8 Å². The van der Waals surface area contributed by atoms with E-state index in [4.69, 9.17) is 0 Å². The lowest BCUT2D eigenvalue weighted by Crippen LogP contribution is -2.33. The van der Waals surface area contributed by atoms with E-state index >= 15 is 0 Å². The van der Waals surface area contributed by atoms with Gasteiger partial charge in [0.15, 0.2) is 5.78 Å². The van der Waals surface area contributed by atoms with Crippen LogP contribution < -0.4 is 5.32 Å². The van der Waals surface area contributed by atoms with Crippen LogP contribution in [0.1, 0.15) is 60.0 Å². The van der Waals surface area contributed by atoms with E-state index in [1.54, 1.807) is 0 Å². The number of hydrogen-bond donors (Lipinski definition) is 1. The first-order valence-electron chi connectivity index (χ1n) is 9.16. The van der Waals surface area contributed by atoms with Crippen molar-refractivity contribution < 1.29 is 9.59 Å². The van der Waals surface area contributed by atoms with E-state index in [9.17, 15) is 9.59 Å². The Kier molecular flexibility index (Phi) is 7.44. The first kappa shape index (κ1) is 18.7. The van der Waals surface area contributed by atoms with Crippen LogP contribution >= 0.6 is 0 Å². The minimum absolute atomic E-state index is 0.0210. The average Bonchev–Trinajstić information content (AvgIpc) is 2.59. The molecular weight excluding hydrogens is 300 g/mol. The molecule has 0 unspecified atom stereocenters. The number of rotatable bonds is 8. The lowest BCUT2D eigenvalue weighted by atomic mass is 9.99. The number of Topliss-reactive ketones (excluding diaryl/α,β-unsaturated/α-hetero) is 1. The fourth-order valence-electron chi connectivity index (χ4n) is 3.20. The van der Waals surface area contributed by atoms with Gasteiger partial charge in [-0.15, -0.1) is 0 Å². The van der Waals surface area contributed by atoms with Crippen molar-refractivity contribution in [2.75, 3.05) is 26.2 Å². The number of likely N-dealkylation sites (tertiary alicyclic amines) is 1. The molecule has 1 amide bonds. The monoisotopic (exact) mass is 330 g/mol. The molecule has 1 heterocycles. The second-order valence-electron chi connectivity index (χ2n) is 6.85. The number of benzene rings is 1. The fourth-order valence-corrected chi connectivity index (χ4v) is 3.20. The van der Waals surface area contributed by atoms with E-state index in [2.05, 4.69) is 10.2 Å². The van der Waals surface area contributed by atoms with E-state index in [1.807, 2.05) is 32.0 Å². The van der Waals surface area contributed by atoms with Gasteiger partial charge in [-0.25, -0.2) is 0 Å². The summed E-state index contributed by atoms with van der Waals surface area (Å²) in [5.41, 5.74) is 2.80. The largest absolute Gasteiger partial charge is 0.356 e. The molecule has 4 nitrogen and oxygen atoms in total. The van der Waals surface area contributed by atoms with Crippen LogP contribution in [0.25, 0.3) is 0 Å². The third-order valence-corrected chi connectivity index (χ3v) is 4.69. The van der Waals surface area contributed by atoms with Crippen molar-refractivity contribution in [1.29, 1.82) is 0 Å². The number of nitrogens with one attached hydrogen (secondary N) is 1. The van der Waals surface area contributed by atoms with Crippen LogP contribution in [0.5, 0.6) is 0 Å². The molecule has 0 bridgehead atoms. The van der Waals surface area contributed by atoms with Crippen LogP contribution in [0.3, 0.4) is 0 Å². The zero-order valence-corrected chi connectivity index (χ0v) is 15.1. The maximum Gasteiger partial charge on any atom is 0.220 e. The third kappa shape index (κ3) is 6.08. The Hall–Kier alpha value is -1.68. The topological polar surface area (TPSA) is 49.4 Å². The maximum absolute atomic E-state index is 12.3. The Morgan fingerprint density at radius 3 is 2.58 bits per heavy atom. The molecule has 0 aromatic heterocycles. The van der Waals surface area contributed by atoms with E-state index < -0.39 is 0 Å². The summed E-state index contributed by atoms with van der Waals surface area (Å²) in [7, 11) is 0. The highest BCUT2D eigenvalue weighted by atomic mass is 16.2. The zero-order chi connectivity index (χ0) is 17.4. The molecule has 0 saturated carbocycles. The minimum atomic E-state index is -0.0210. The molecule has 0 spiro atoms. The maximum atomic E-state index is 12.3. The molecule has 1 N–H and O–H groups in total. The Balaban J connectivity index is 1.63. The van der Waals surface area contributed by atoms with E-state index in [0.29, 0.717) is 6.54 Å². The molecule has 0 radical (unpaired) electrons. The standard InChI is InChI=1S/C20H30N2O2/c1-16-7-8-17(2)18(15-16)19(23)9-10-20(24)21-11-6-14-22-12-4-3-5-13-22/h7-8,15H,3-6,9-14H2,1-2H3,(H,21,24). The van der Waals surface area contributed by atoms with Crippen LogP contribution in [-0.4, -0.2) is 42.8 Å². The lowest BCUT2D eigenvalue weighted by molar-refractivity contribution is -0.121. The number of carbonyl (C=O) groups is 2. The van der Waals surface area contributed by atoms with Crippen LogP contribution in [0.4, 0.5) is 0 Å². The molecule has 1 saturated heterocycles. The van der Waals surface area contributed by atoms with Crippen molar-refractivity contribution in [2.24, 2.45) is 0 Å². The Labute approximate surface area is 145 Å². The number of piperidine rings is 1. The second kappa shape index (κ2) is 9.58. The van der Waals surface area contributed by atoms with Gasteiger partial charge in [0.2, 0.25) is 5.91 Å². The van der Waals surface area contributed by atoms with Gasteiger partial charge in [-0.2, -0.15) is 0 Å². The average molecular weight is 330 g/mol. The van der Waals surface area contributed by atoms with Gasteiger partial charge in [0.05, 0.1) is 0 Å². The van der Waals surface area contributed by atoms with Crippen molar-refractivity contribution in [2.45, 2.75) is 52.4 Å². The zero-order valence-electron chi connectivity index (χ0n) is 15.1. The summed E-state index contributed by atoms with van der Waals surface area (Å²) in [6.45, 7) is 8.06. The number of amides is 1. The van der Waals surface area contributed by atoms with Crippen LogP contribution in [0.15, 0.2) is 18.2 Å². The van der Waals surface area contributed by atoms with Gasteiger partial charge < -0.3 is 10.2 Å². The molecule has 1 fully saturated rings. The predicted molar refractivity (Wildman–Crippen MR) is 97.4 cm³/mol. The summed E-state index contributed by atoms with van der Waals surface area (Å²) in [5.74, 6) is 0.0342. The molecular formula is C20H30N2O2. The number of ketones is 1. The van der Waals surface area contributed by atoms with E-state index in [1.165, 1.54) is 32.4 Å². The summed E-state index contributed by atoms with van der Waals surface area (Å²) < 4.78 is 0. The van der Waals surface area contributed by atoms with Crippen molar-refractivity contribution in [1.82, 2.24) is 10.2 Å². The van der Waals surface area contributed by atoms with Gasteiger partial charge in [0, 0.05) is 24.9 Å². The summed E-state index contributed by atoms with van der Waals surface area (Å²) in [6, 6.07) is 5.87. The quantitative estimate of drug-likeness (QED) is 0.588. The highest BCUT2D eigenvalue weighted by molar-refractivity contribution is 5.99. The van der Waals surface area contributed by atoms with Gasteiger partial charge in [-0.05, 0) is 64.4 Å². The molecule has 0 aliphatic carbocycles. The molecule has 1 aromatic rings. The summed E-state index contributed by atoms with van der Waals surface area (Å²) in [6.07, 6.45) is 5.48. The number of carbonyl (C=O) groups excluding carboxylic acids is 2. The predicted octanol–water partition coefficient (Wildman–Crippen LogP) is 3.26. The number of hydrogen-bond acceptors (Lipinski definition) is 3. The van der Waals surface area contributed by atoms with Crippen molar-refractivity contribution in [3.63, 3.8) is 0 Å². The van der Waals surface area contributed by atoms with Crippen LogP contribution in [0.2, 0.25) is 0 Å². The number of aryl methyl sites for hydroxylation is 2. The molecule has 1 aliphatic rings. The number of nitrogens with zero attached hydrogens (tertiary/aromatic N) is 1. The Morgan fingerprint density at radius 2 is 1.83 bits per heavy atom. The molecule has 2 rings (SSSR count). The van der Waals surface area contributed by atoms with Gasteiger partial charge in [-0.1, -0.05) is 24.1 Å². The Bertz CT molecular complexity index is 563. The van der Waals surface area contributed by atoms with Crippen molar-refractivity contribution >= 4 is 11.7 Å². The normalized spacial score (nSPS) is 15.2. The molecule has 0 atom stereocenters. The van der Waals surface area contributed by atoms with Crippen molar-refractivity contribution in [3.05, 3.63) is 34.9 Å². The Morgan fingerprint density at radius 1 is 1.08 bits per heavy atom. The summed E-state index contributed by atoms with van der Waals surface area (Å²) in [4.78, 5) is 26.6. The lowest BCUT2D eigenvalue weighted by Gasteiger charge is -2.26. The smallest absolute Gasteiger partial charge is 0.220 e. The SMILES string of the molecule is Cc1ccc(C)c(C(=O)CCC(=O)NCCCN2CCCCC2)c1. The van der Waals surface area contributed by atoms with Gasteiger partial charge >= 0.3 is 0 Å². The summed E-state index contributed by atoms with van der Waals surface area (Å²) in [5, 5.41) is 2.94. The first-order chi connectivity index (χ1) is 11.6. The molecule has 1 aliphatic heterocycles. The molecule has 24 heavy (non-hydrogen) atoms. The molecule has 132 valence electrons. The first-order valence-corrected chi connectivity index (χ1v) is 9.16. The highest BCUT2D eigenvalue weighted by Crippen LogP contribution is 2.14. The third-order valence-electron chi connectivity index (χ3n) is 4.69. The summed E-state index contributed by atoms with van der Waals surface area (Å²) >= 11 is 0. The fraction of sp³-hybridized carbons (Fsp3) is 0.600.